The SMILES string of the molecule is CC(=O)NCCCNC(=O)CC(C)C1CCNCC1.Cl. The molecule has 0 aromatic rings. The lowest BCUT2D eigenvalue weighted by Gasteiger charge is -2.27. The summed E-state index contributed by atoms with van der Waals surface area (Å²) in [6.07, 6.45) is 3.76. The Bertz CT molecular complexity index is 294. The van der Waals surface area contributed by atoms with Crippen molar-refractivity contribution in [3.63, 3.8) is 0 Å². The maximum absolute atomic E-state index is 11.8. The molecule has 1 heterocycles. The van der Waals surface area contributed by atoms with Crippen LogP contribution in [0.5, 0.6) is 0 Å². The zero-order valence-corrected chi connectivity index (χ0v) is 13.4. The molecule has 1 fully saturated rings. The third-order valence-corrected chi connectivity index (χ3v) is 3.75. The van der Waals surface area contributed by atoms with E-state index < -0.39 is 0 Å². The highest BCUT2D eigenvalue weighted by atomic mass is 35.5. The zero-order chi connectivity index (χ0) is 14.1. The van der Waals surface area contributed by atoms with Crippen LogP contribution in [-0.2, 0) is 9.59 Å². The van der Waals surface area contributed by atoms with Gasteiger partial charge in [0.05, 0.1) is 0 Å². The van der Waals surface area contributed by atoms with Gasteiger partial charge in [-0.1, -0.05) is 6.92 Å². The summed E-state index contributed by atoms with van der Waals surface area (Å²) in [5, 5.41) is 8.98. The average molecular weight is 306 g/mol. The van der Waals surface area contributed by atoms with E-state index in [9.17, 15) is 9.59 Å². The highest BCUT2D eigenvalue weighted by Crippen LogP contribution is 2.23. The molecule has 0 aromatic carbocycles. The van der Waals surface area contributed by atoms with Gasteiger partial charge >= 0.3 is 0 Å². The van der Waals surface area contributed by atoms with E-state index in [1.807, 2.05) is 0 Å². The Hall–Kier alpha value is -0.810. The Balaban J connectivity index is 0.00000361. The molecule has 0 aromatic heterocycles. The molecule has 1 saturated heterocycles. The van der Waals surface area contributed by atoms with Crippen molar-refractivity contribution < 1.29 is 9.59 Å². The summed E-state index contributed by atoms with van der Waals surface area (Å²) in [5.74, 6) is 1.24. The minimum Gasteiger partial charge on any atom is -0.356 e. The van der Waals surface area contributed by atoms with Gasteiger partial charge in [-0.15, -0.1) is 12.4 Å². The molecule has 0 saturated carbocycles. The lowest BCUT2D eigenvalue weighted by atomic mass is 9.84. The van der Waals surface area contributed by atoms with Gasteiger partial charge in [0.25, 0.3) is 0 Å². The molecule has 1 aliphatic heterocycles. The summed E-state index contributed by atoms with van der Waals surface area (Å²) in [6, 6.07) is 0. The molecule has 0 aliphatic carbocycles. The Labute approximate surface area is 128 Å². The number of carbonyl (C=O) groups is 2. The predicted octanol–water partition coefficient (Wildman–Crippen LogP) is 1.08. The number of nitrogens with one attached hydrogen (secondary N) is 3. The van der Waals surface area contributed by atoms with Crippen LogP contribution in [0.3, 0.4) is 0 Å². The van der Waals surface area contributed by atoms with Crippen LogP contribution in [0.4, 0.5) is 0 Å². The topological polar surface area (TPSA) is 70.2 Å². The van der Waals surface area contributed by atoms with Crippen LogP contribution in [0.1, 0.15) is 39.5 Å². The van der Waals surface area contributed by atoms with Gasteiger partial charge in [-0.25, -0.2) is 0 Å². The molecule has 118 valence electrons. The molecule has 1 rings (SSSR count). The van der Waals surface area contributed by atoms with Gasteiger partial charge in [-0.05, 0) is 44.2 Å². The quantitative estimate of drug-likeness (QED) is 0.616. The number of piperidine rings is 1. The first-order valence-electron chi connectivity index (χ1n) is 7.31. The van der Waals surface area contributed by atoms with E-state index in [4.69, 9.17) is 0 Å². The van der Waals surface area contributed by atoms with Crippen molar-refractivity contribution in [3.05, 3.63) is 0 Å². The number of halogens is 1. The summed E-state index contributed by atoms with van der Waals surface area (Å²) in [7, 11) is 0. The van der Waals surface area contributed by atoms with Crippen molar-refractivity contribution in [3.8, 4) is 0 Å². The molecule has 2 amide bonds. The molecule has 1 unspecified atom stereocenters. The van der Waals surface area contributed by atoms with Crippen molar-refractivity contribution >= 4 is 24.2 Å². The molecule has 0 radical (unpaired) electrons. The summed E-state index contributed by atoms with van der Waals surface area (Å²) in [5.41, 5.74) is 0. The molecule has 20 heavy (non-hydrogen) atoms. The normalized spacial score (nSPS) is 16.9. The first-order valence-corrected chi connectivity index (χ1v) is 7.31. The largest absolute Gasteiger partial charge is 0.356 e. The highest BCUT2D eigenvalue weighted by Gasteiger charge is 2.21. The summed E-state index contributed by atoms with van der Waals surface area (Å²) in [6.45, 7) is 7.09. The van der Waals surface area contributed by atoms with Crippen molar-refractivity contribution in [2.24, 2.45) is 11.8 Å². The molecular formula is C14H28ClN3O2. The van der Waals surface area contributed by atoms with Crippen LogP contribution in [0.25, 0.3) is 0 Å². The molecule has 5 nitrogen and oxygen atoms in total. The minimum atomic E-state index is -0.0224. The predicted molar refractivity (Wildman–Crippen MR) is 82.9 cm³/mol. The number of amides is 2. The van der Waals surface area contributed by atoms with Gasteiger partial charge in [-0.2, -0.15) is 0 Å². The molecule has 3 N–H and O–H groups in total. The third-order valence-electron chi connectivity index (χ3n) is 3.75. The summed E-state index contributed by atoms with van der Waals surface area (Å²) < 4.78 is 0. The second kappa shape index (κ2) is 10.9. The Morgan fingerprint density at radius 3 is 2.40 bits per heavy atom. The van der Waals surface area contributed by atoms with Gasteiger partial charge < -0.3 is 16.0 Å². The second-order valence-electron chi connectivity index (χ2n) is 5.46. The summed E-state index contributed by atoms with van der Waals surface area (Å²) in [4.78, 5) is 22.4. The smallest absolute Gasteiger partial charge is 0.220 e. The second-order valence-corrected chi connectivity index (χ2v) is 5.46. The standard InChI is InChI=1S/C14H27N3O2.ClH/c1-11(13-4-8-15-9-5-13)10-14(19)17-7-3-6-16-12(2)18;/h11,13,15H,3-10H2,1-2H3,(H,16,18)(H,17,19);1H. The zero-order valence-electron chi connectivity index (χ0n) is 12.5. The highest BCUT2D eigenvalue weighted by molar-refractivity contribution is 5.85. The van der Waals surface area contributed by atoms with Crippen LogP contribution in [0.2, 0.25) is 0 Å². The van der Waals surface area contributed by atoms with Crippen molar-refractivity contribution in [1.29, 1.82) is 0 Å². The van der Waals surface area contributed by atoms with Gasteiger partial charge in [0.2, 0.25) is 11.8 Å². The Kier molecular flexibility index (Phi) is 10.5. The van der Waals surface area contributed by atoms with Crippen molar-refractivity contribution in [2.45, 2.75) is 39.5 Å². The van der Waals surface area contributed by atoms with E-state index >= 15 is 0 Å². The third kappa shape index (κ3) is 8.38. The first kappa shape index (κ1) is 19.2. The first-order chi connectivity index (χ1) is 9.09. The molecule has 6 heteroatoms. The number of hydrogen-bond acceptors (Lipinski definition) is 3. The minimum absolute atomic E-state index is 0. The molecular weight excluding hydrogens is 278 g/mol. The fraction of sp³-hybridized carbons (Fsp3) is 0.857. The van der Waals surface area contributed by atoms with E-state index in [1.165, 1.54) is 19.8 Å². The fourth-order valence-electron chi connectivity index (χ4n) is 2.53. The van der Waals surface area contributed by atoms with Gasteiger partial charge in [0.15, 0.2) is 0 Å². The van der Waals surface area contributed by atoms with Crippen LogP contribution in [-0.4, -0.2) is 38.0 Å². The molecule has 1 atom stereocenters. The van der Waals surface area contributed by atoms with Crippen LogP contribution in [0.15, 0.2) is 0 Å². The van der Waals surface area contributed by atoms with E-state index in [0.29, 0.717) is 31.3 Å². The number of rotatable bonds is 7. The lowest BCUT2D eigenvalue weighted by molar-refractivity contribution is -0.122. The molecule has 1 aliphatic rings. The van der Waals surface area contributed by atoms with E-state index in [2.05, 4.69) is 22.9 Å². The molecule has 0 bridgehead atoms. The van der Waals surface area contributed by atoms with Crippen LogP contribution >= 0.6 is 12.4 Å². The molecule has 0 spiro atoms. The van der Waals surface area contributed by atoms with Crippen molar-refractivity contribution in [1.82, 2.24) is 16.0 Å². The fourth-order valence-corrected chi connectivity index (χ4v) is 2.53. The summed E-state index contributed by atoms with van der Waals surface area (Å²) >= 11 is 0. The maximum Gasteiger partial charge on any atom is 0.220 e. The Morgan fingerprint density at radius 1 is 1.20 bits per heavy atom. The average Bonchev–Trinajstić information content (AvgIpc) is 2.39. The monoisotopic (exact) mass is 305 g/mol. The maximum atomic E-state index is 11.8. The van der Waals surface area contributed by atoms with E-state index in [1.54, 1.807) is 0 Å². The van der Waals surface area contributed by atoms with E-state index in [-0.39, 0.29) is 24.2 Å². The lowest BCUT2D eigenvalue weighted by Crippen LogP contribution is -2.34. The van der Waals surface area contributed by atoms with Crippen LogP contribution < -0.4 is 16.0 Å². The van der Waals surface area contributed by atoms with Gasteiger partial charge in [-0.3, -0.25) is 9.59 Å². The van der Waals surface area contributed by atoms with Gasteiger partial charge in [0.1, 0.15) is 0 Å². The van der Waals surface area contributed by atoms with E-state index in [0.717, 1.165) is 19.5 Å². The number of hydrogen-bond donors (Lipinski definition) is 3. The van der Waals surface area contributed by atoms with Crippen LogP contribution in [0, 0.1) is 11.8 Å². The van der Waals surface area contributed by atoms with Crippen molar-refractivity contribution in [2.75, 3.05) is 26.2 Å². The Morgan fingerprint density at radius 2 is 1.80 bits per heavy atom. The number of carbonyl (C=O) groups excluding carboxylic acids is 2. The van der Waals surface area contributed by atoms with Gasteiger partial charge in [0, 0.05) is 26.4 Å².